The van der Waals surface area contributed by atoms with Gasteiger partial charge in [-0.3, -0.25) is 9.59 Å². The molecule has 0 aliphatic heterocycles. The average molecular weight is 347 g/mol. The summed E-state index contributed by atoms with van der Waals surface area (Å²) in [6.45, 7) is 0. The number of rotatable bonds is 2. The van der Waals surface area contributed by atoms with Crippen molar-refractivity contribution in [3.05, 3.63) is 64.4 Å². The lowest BCUT2D eigenvalue weighted by atomic mass is 9.88. The van der Waals surface area contributed by atoms with E-state index in [0.29, 0.717) is 0 Å². The Morgan fingerprint density at radius 2 is 1.92 bits per heavy atom. The standard InChI is InChI=1S/C18H16ClFN2O2/c19-12-8-9-14(20)16(10-12)22-18(24)17(23)21-15-7-3-5-11-4-1-2-6-13(11)15/h1-2,4,6,8-10,15H,3,5,7H2,(H,21,23)(H,22,24)/t15-/m0/s1. The summed E-state index contributed by atoms with van der Waals surface area (Å²) >= 11 is 5.77. The highest BCUT2D eigenvalue weighted by Crippen LogP contribution is 2.29. The van der Waals surface area contributed by atoms with Gasteiger partial charge in [0.1, 0.15) is 5.82 Å². The number of fused-ring (bicyclic) bond motifs is 1. The molecule has 0 spiro atoms. The number of halogens is 2. The molecule has 3 rings (SSSR count). The van der Waals surface area contributed by atoms with E-state index in [1.807, 2.05) is 24.3 Å². The molecule has 1 aliphatic rings. The normalized spacial score (nSPS) is 16.2. The van der Waals surface area contributed by atoms with Crippen LogP contribution in [0.2, 0.25) is 5.02 Å². The molecule has 1 atom stereocenters. The molecular formula is C18H16ClFN2O2. The van der Waals surface area contributed by atoms with Gasteiger partial charge in [0.2, 0.25) is 0 Å². The van der Waals surface area contributed by atoms with Crippen molar-refractivity contribution in [1.29, 1.82) is 0 Å². The van der Waals surface area contributed by atoms with Crippen molar-refractivity contribution in [1.82, 2.24) is 5.32 Å². The van der Waals surface area contributed by atoms with Crippen LogP contribution in [0.15, 0.2) is 42.5 Å². The number of hydrogen-bond donors (Lipinski definition) is 2. The van der Waals surface area contributed by atoms with Crippen LogP contribution < -0.4 is 10.6 Å². The fourth-order valence-corrected chi connectivity index (χ4v) is 3.07. The molecule has 6 heteroatoms. The molecule has 2 aromatic carbocycles. The van der Waals surface area contributed by atoms with Gasteiger partial charge >= 0.3 is 11.8 Å². The molecule has 2 aromatic rings. The van der Waals surface area contributed by atoms with E-state index in [2.05, 4.69) is 10.6 Å². The lowest BCUT2D eigenvalue weighted by Gasteiger charge is -2.26. The number of benzene rings is 2. The van der Waals surface area contributed by atoms with Gasteiger partial charge in [-0.25, -0.2) is 4.39 Å². The lowest BCUT2D eigenvalue weighted by molar-refractivity contribution is -0.136. The van der Waals surface area contributed by atoms with Crippen LogP contribution in [0.25, 0.3) is 0 Å². The van der Waals surface area contributed by atoms with Gasteiger partial charge in [-0.15, -0.1) is 0 Å². The molecule has 2 amide bonds. The van der Waals surface area contributed by atoms with Crippen LogP contribution in [0.3, 0.4) is 0 Å². The molecule has 124 valence electrons. The Bertz CT molecular complexity index is 794. The molecule has 2 N–H and O–H groups in total. The van der Waals surface area contributed by atoms with Crippen LogP contribution >= 0.6 is 11.6 Å². The quantitative estimate of drug-likeness (QED) is 0.816. The maximum absolute atomic E-state index is 13.6. The largest absolute Gasteiger partial charge is 0.341 e. The second kappa shape index (κ2) is 7.01. The molecule has 0 radical (unpaired) electrons. The van der Waals surface area contributed by atoms with E-state index in [1.165, 1.54) is 17.7 Å². The zero-order valence-electron chi connectivity index (χ0n) is 12.8. The summed E-state index contributed by atoms with van der Waals surface area (Å²) < 4.78 is 13.6. The predicted octanol–water partition coefficient (Wildman–Crippen LogP) is 3.61. The van der Waals surface area contributed by atoms with Gasteiger partial charge in [0, 0.05) is 5.02 Å². The molecule has 0 aromatic heterocycles. The third kappa shape index (κ3) is 3.57. The predicted molar refractivity (Wildman–Crippen MR) is 90.3 cm³/mol. The van der Waals surface area contributed by atoms with Gasteiger partial charge in [0.15, 0.2) is 0 Å². The summed E-state index contributed by atoms with van der Waals surface area (Å²) in [7, 11) is 0. The van der Waals surface area contributed by atoms with E-state index in [-0.39, 0.29) is 16.8 Å². The molecule has 0 fully saturated rings. The average Bonchev–Trinajstić information content (AvgIpc) is 2.58. The molecule has 0 saturated heterocycles. The van der Waals surface area contributed by atoms with Crippen LogP contribution in [0, 0.1) is 5.82 Å². The van der Waals surface area contributed by atoms with Crippen LogP contribution in [-0.2, 0) is 16.0 Å². The number of aryl methyl sites for hydroxylation is 1. The topological polar surface area (TPSA) is 58.2 Å². The Morgan fingerprint density at radius 1 is 1.12 bits per heavy atom. The molecular weight excluding hydrogens is 331 g/mol. The molecule has 0 saturated carbocycles. The smallest absolute Gasteiger partial charge is 0.313 e. The van der Waals surface area contributed by atoms with E-state index in [1.54, 1.807) is 0 Å². The minimum Gasteiger partial charge on any atom is -0.341 e. The monoisotopic (exact) mass is 346 g/mol. The zero-order chi connectivity index (χ0) is 17.1. The highest BCUT2D eigenvalue weighted by molar-refractivity contribution is 6.40. The van der Waals surface area contributed by atoms with Crippen LogP contribution in [0.4, 0.5) is 10.1 Å². The summed E-state index contributed by atoms with van der Waals surface area (Å²) in [4.78, 5) is 24.2. The highest BCUT2D eigenvalue weighted by Gasteiger charge is 2.24. The molecule has 0 bridgehead atoms. The number of carbonyl (C=O) groups is 2. The summed E-state index contributed by atoms with van der Waals surface area (Å²) in [5.74, 6) is -2.36. The third-order valence-electron chi connectivity index (χ3n) is 4.06. The first-order valence-electron chi connectivity index (χ1n) is 7.69. The van der Waals surface area contributed by atoms with Crippen molar-refractivity contribution in [3.8, 4) is 0 Å². The van der Waals surface area contributed by atoms with E-state index in [4.69, 9.17) is 11.6 Å². The van der Waals surface area contributed by atoms with Gasteiger partial charge in [0.05, 0.1) is 11.7 Å². The van der Waals surface area contributed by atoms with E-state index < -0.39 is 17.6 Å². The molecule has 0 unspecified atom stereocenters. The number of anilines is 1. The SMILES string of the molecule is O=C(Nc1cc(Cl)ccc1F)C(=O)N[C@H]1CCCc2ccccc21. The second-order valence-electron chi connectivity index (χ2n) is 5.70. The van der Waals surface area contributed by atoms with E-state index in [9.17, 15) is 14.0 Å². The molecule has 4 nitrogen and oxygen atoms in total. The summed E-state index contributed by atoms with van der Waals surface area (Å²) in [5, 5.41) is 5.25. The Balaban J connectivity index is 1.69. The van der Waals surface area contributed by atoms with Crippen molar-refractivity contribution >= 4 is 29.1 Å². The second-order valence-corrected chi connectivity index (χ2v) is 6.13. The van der Waals surface area contributed by atoms with Crippen molar-refractivity contribution in [2.24, 2.45) is 0 Å². The van der Waals surface area contributed by atoms with Gasteiger partial charge in [-0.1, -0.05) is 35.9 Å². The van der Waals surface area contributed by atoms with Gasteiger partial charge in [-0.2, -0.15) is 0 Å². The first kappa shape index (κ1) is 16.5. The van der Waals surface area contributed by atoms with E-state index >= 15 is 0 Å². The summed E-state index contributed by atoms with van der Waals surface area (Å²) in [5.41, 5.74) is 2.08. The van der Waals surface area contributed by atoms with Crippen molar-refractivity contribution in [2.75, 3.05) is 5.32 Å². The number of amides is 2. The Labute approximate surface area is 144 Å². The fourth-order valence-electron chi connectivity index (χ4n) is 2.90. The Morgan fingerprint density at radius 3 is 2.75 bits per heavy atom. The van der Waals surface area contributed by atoms with Crippen molar-refractivity contribution < 1.29 is 14.0 Å². The molecule has 0 heterocycles. The summed E-state index contributed by atoms with van der Waals surface area (Å²) in [6.07, 6.45) is 2.66. The zero-order valence-corrected chi connectivity index (χ0v) is 13.6. The Kier molecular flexibility index (Phi) is 4.81. The van der Waals surface area contributed by atoms with Crippen molar-refractivity contribution in [3.63, 3.8) is 0 Å². The first-order valence-corrected chi connectivity index (χ1v) is 8.07. The number of hydrogen-bond acceptors (Lipinski definition) is 2. The first-order chi connectivity index (χ1) is 11.5. The minimum absolute atomic E-state index is 0.119. The molecule has 1 aliphatic carbocycles. The number of carbonyl (C=O) groups excluding carboxylic acids is 2. The van der Waals surface area contributed by atoms with Crippen LogP contribution in [-0.4, -0.2) is 11.8 Å². The third-order valence-corrected chi connectivity index (χ3v) is 4.29. The van der Waals surface area contributed by atoms with Gasteiger partial charge < -0.3 is 10.6 Å². The lowest BCUT2D eigenvalue weighted by Crippen LogP contribution is -2.39. The number of nitrogens with one attached hydrogen (secondary N) is 2. The van der Waals surface area contributed by atoms with Crippen molar-refractivity contribution in [2.45, 2.75) is 25.3 Å². The fraction of sp³-hybridized carbons (Fsp3) is 0.222. The van der Waals surface area contributed by atoms with Gasteiger partial charge in [0.25, 0.3) is 0 Å². The maximum Gasteiger partial charge on any atom is 0.313 e. The highest BCUT2D eigenvalue weighted by atomic mass is 35.5. The van der Waals surface area contributed by atoms with Gasteiger partial charge in [-0.05, 0) is 48.6 Å². The molecule has 24 heavy (non-hydrogen) atoms. The van der Waals surface area contributed by atoms with E-state index in [0.717, 1.165) is 30.9 Å². The van der Waals surface area contributed by atoms with Crippen LogP contribution in [0.5, 0.6) is 0 Å². The Hall–Kier alpha value is -2.40. The van der Waals surface area contributed by atoms with Crippen LogP contribution in [0.1, 0.15) is 30.0 Å². The minimum atomic E-state index is -0.917. The maximum atomic E-state index is 13.6. The summed E-state index contributed by atoms with van der Waals surface area (Å²) in [6, 6.07) is 11.4.